The Bertz CT molecular complexity index is 234. The van der Waals surface area contributed by atoms with Gasteiger partial charge in [-0.2, -0.15) is 0 Å². The third-order valence-electron chi connectivity index (χ3n) is 3.89. The van der Waals surface area contributed by atoms with Crippen molar-refractivity contribution in [2.45, 2.75) is 58.9 Å². The van der Waals surface area contributed by atoms with Gasteiger partial charge in [0.25, 0.3) is 0 Å². The lowest BCUT2D eigenvalue weighted by Gasteiger charge is -2.24. The lowest BCUT2D eigenvalue weighted by Crippen LogP contribution is -2.43. The molecule has 3 heteroatoms. The van der Waals surface area contributed by atoms with Crippen molar-refractivity contribution in [1.29, 1.82) is 0 Å². The zero-order valence-corrected chi connectivity index (χ0v) is 11.5. The van der Waals surface area contributed by atoms with Gasteiger partial charge in [-0.3, -0.25) is 4.79 Å². The van der Waals surface area contributed by atoms with Gasteiger partial charge in [-0.05, 0) is 38.0 Å². The number of nitrogens with two attached hydrogens (primary N) is 1. The summed E-state index contributed by atoms with van der Waals surface area (Å²) in [5.41, 5.74) is 5.69. The summed E-state index contributed by atoms with van der Waals surface area (Å²) in [6.45, 7) is 6.87. The second kappa shape index (κ2) is 7.00. The molecule has 1 rings (SSSR count). The summed E-state index contributed by atoms with van der Waals surface area (Å²) in [7, 11) is 0. The van der Waals surface area contributed by atoms with E-state index in [1.54, 1.807) is 0 Å². The van der Waals surface area contributed by atoms with E-state index in [9.17, 15) is 4.79 Å². The molecule has 0 aromatic heterocycles. The van der Waals surface area contributed by atoms with Crippen LogP contribution in [-0.4, -0.2) is 18.5 Å². The van der Waals surface area contributed by atoms with Crippen LogP contribution in [0.4, 0.5) is 0 Å². The van der Waals surface area contributed by atoms with Gasteiger partial charge in [0.2, 0.25) is 5.91 Å². The standard InChI is InChI=1S/C14H28N2O/c1-10(2)8-13(9-15)14(17)16-11(3)12-6-4-5-7-12/h10-13H,4-9,15H2,1-3H3,(H,16,17)/t11-,13?/m1/s1. The predicted octanol–water partition coefficient (Wildman–Crippen LogP) is 2.30. The number of amides is 1. The van der Waals surface area contributed by atoms with Gasteiger partial charge in [-0.15, -0.1) is 0 Å². The summed E-state index contributed by atoms with van der Waals surface area (Å²) < 4.78 is 0. The quantitative estimate of drug-likeness (QED) is 0.748. The zero-order valence-electron chi connectivity index (χ0n) is 11.5. The third kappa shape index (κ3) is 4.66. The molecule has 1 saturated carbocycles. The topological polar surface area (TPSA) is 55.1 Å². The largest absolute Gasteiger partial charge is 0.353 e. The van der Waals surface area contributed by atoms with E-state index in [2.05, 4.69) is 26.1 Å². The molecule has 3 N–H and O–H groups in total. The van der Waals surface area contributed by atoms with E-state index >= 15 is 0 Å². The molecule has 1 aliphatic carbocycles. The van der Waals surface area contributed by atoms with Crippen LogP contribution in [0.1, 0.15) is 52.9 Å². The Hall–Kier alpha value is -0.570. The minimum atomic E-state index is -0.0150. The van der Waals surface area contributed by atoms with E-state index in [1.807, 2.05) is 0 Å². The maximum absolute atomic E-state index is 12.1. The fourth-order valence-electron chi connectivity index (χ4n) is 2.80. The highest BCUT2D eigenvalue weighted by Gasteiger charge is 2.25. The highest BCUT2D eigenvalue weighted by molar-refractivity contribution is 5.79. The molecule has 1 aliphatic rings. The molecule has 17 heavy (non-hydrogen) atoms. The maximum atomic E-state index is 12.1. The van der Waals surface area contributed by atoms with Crippen LogP contribution in [0.15, 0.2) is 0 Å². The monoisotopic (exact) mass is 240 g/mol. The number of carbonyl (C=O) groups excluding carboxylic acids is 1. The molecule has 1 fully saturated rings. The molecule has 0 aromatic carbocycles. The highest BCUT2D eigenvalue weighted by atomic mass is 16.1. The third-order valence-corrected chi connectivity index (χ3v) is 3.89. The molecular formula is C14H28N2O. The fourth-order valence-corrected chi connectivity index (χ4v) is 2.80. The molecule has 0 aromatic rings. The average Bonchev–Trinajstić information content (AvgIpc) is 2.78. The van der Waals surface area contributed by atoms with Crippen molar-refractivity contribution in [2.75, 3.05) is 6.54 Å². The Morgan fingerprint density at radius 2 is 1.88 bits per heavy atom. The predicted molar refractivity (Wildman–Crippen MR) is 71.6 cm³/mol. The van der Waals surface area contributed by atoms with E-state index in [0.717, 1.165) is 6.42 Å². The minimum absolute atomic E-state index is 0.0150. The summed E-state index contributed by atoms with van der Waals surface area (Å²) >= 11 is 0. The van der Waals surface area contributed by atoms with Crippen LogP contribution in [0.2, 0.25) is 0 Å². The molecule has 1 unspecified atom stereocenters. The molecule has 0 bridgehead atoms. The lowest BCUT2D eigenvalue weighted by atomic mass is 9.94. The van der Waals surface area contributed by atoms with Crippen LogP contribution in [0.3, 0.4) is 0 Å². The molecule has 0 saturated heterocycles. The maximum Gasteiger partial charge on any atom is 0.224 e. The molecule has 0 aliphatic heterocycles. The molecule has 0 spiro atoms. The number of hydrogen-bond acceptors (Lipinski definition) is 2. The highest BCUT2D eigenvalue weighted by Crippen LogP contribution is 2.27. The van der Waals surface area contributed by atoms with Crippen molar-refractivity contribution >= 4 is 5.91 Å². The van der Waals surface area contributed by atoms with E-state index in [1.165, 1.54) is 25.7 Å². The van der Waals surface area contributed by atoms with Crippen LogP contribution in [0.5, 0.6) is 0 Å². The molecular weight excluding hydrogens is 212 g/mol. The summed E-state index contributed by atoms with van der Waals surface area (Å²) in [5, 5.41) is 3.16. The van der Waals surface area contributed by atoms with Crippen LogP contribution in [-0.2, 0) is 4.79 Å². The first-order valence-corrected chi connectivity index (χ1v) is 7.05. The first kappa shape index (κ1) is 14.5. The number of hydrogen-bond donors (Lipinski definition) is 2. The van der Waals surface area contributed by atoms with Crippen LogP contribution in [0.25, 0.3) is 0 Å². The average molecular weight is 240 g/mol. The number of nitrogens with one attached hydrogen (secondary N) is 1. The minimum Gasteiger partial charge on any atom is -0.353 e. The lowest BCUT2D eigenvalue weighted by molar-refractivity contribution is -0.126. The molecule has 1 amide bonds. The molecule has 3 nitrogen and oxygen atoms in total. The van der Waals surface area contributed by atoms with E-state index in [-0.39, 0.29) is 11.8 Å². The van der Waals surface area contributed by atoms with Crippen molar-refractivity contribution in [3.8, 4) is 0 Å². The molecule has 2 atom stereocenters. The molecule has 0 radical (unpaired) electrons. The Morgan fingerprint density at radius 3 is 2.35 bits per heavy atom. The number of rotatable bonds is 6. The van der Waals surface area contributed by atoms with Crippen LogP contribution >= 0.6 is 0 Å². The van der Waals surface area contributed by atoms with Gasteiger partial charge in [0, 0.05) is 12.6 Å². The Labute approximate surface area is 106 Å². The van der Waals surface area contributed by atoms with Crippen molar-refractivity contribution < 1.29 is 4.79 Å². The summed E-state index contributed by atoms with van der Waals surface area (Å²) in [4.78, 5) is 12.1. The van der Waals surface area contributed by atoms with E-state index in [4.69, 9.17) is 5.73 Å². The first-order chi connectivity index (χ1) is 8.04. The van der Waals surface area contributed by atoms with Crippen molar-refractivity contribution in [2.24, 2.45) is 23.5 Å². The Morgan fingerprint density at radius 1 is 1.29 bits per heavy atom. The number of carbonyl (C=O) groups is 1. The second-order valence-corrected chi connectivity index (χ2v) is 5.90. The van der Waals surface area contributed by atoms with Crippen LogP contribution < -0.4 is 11.1 Å². The first-order valence-electron chi connectivity index (χ1n) is 7.05. The SMILES string of the molecule is CC(C)CC(CN)C(=O)N[C@H](C)C1CCCC1. The van der Waals surface area contributed by atoms with Gasteiger partial charge < -0.3 is 11.1 Å². The van der Waals surface area contributed by atoms with Crippen molar-refractivity contribution in [3.05, 3.63) is 0 Å². The van der Waals surface area contributed by atoms with Gasteiger partial charge >= 0.3 is 0 Å². The van der Waals surface area contributed by atoms with Gasteiger partial charge in [0.1, 0.15) is 0 Å². The van der Waals surface area contributed by atoms with Crippen LogP contribution in [0, 0.1) is 17.8 Å². The summed E-state index contributed by atoms with van der Waals surface area (Å²) in [6, 6.07) is 0.311. The van der Waals surface area contributed by atoms with Gasteiger partial charge in [-0.1, -0.05) is 26.7 Å². The van der Waals surface area contributed by atoms with E-state index in [0.29, 0.717) is 24.4 Å². The van der Waals surface area contributed by atoms with Gasteiger partial charge in [0.15, 0.2) is 0 Å². The Balaban J connectivity index is 2.39. The molecule has 100 valence electrons. The van der Waals surface area contributed by atoms with Gasteiger partial charge in [-0.25, -0.2) is 0 Å². The second-order valence-electron chi connectivity index (χ2n) is 5.90. The summed E-state index contributed by atoms with van der Waals surface area (Å²) in [5.74, 6) is 1.34. The Kier molecular flexibility index (Phi) is 5.96. The molecule has 0 heterocycles. The van der Waals surface area contributed by atoms with Crippen molar-refractivity contribution in [1.82, 2.24) is 5.32 Å². The van der Waals surface area contributed by atoms with Gasteiger partial charge in [0.05, 0.1) is 5.92 Å². The summed E-state index contributed by atoms with van der Waals surface area (Å²) in [6.07, 6.45) is 6.05. The zero-order chi connectivity index (χ0) is 12.8. The normalized spacial score (nSPS) is 20.5. The van der Waals surface area contributed by atoms with Crippen molar-refractivity contribution in [3.63, 3.8) is 0 Å². The van der Waals surface area contributed by atoms with E-state index < -0.39 is 0 Å². The fraction of sp³-hybridized carbons (Fsp3) is 0.929. The smallest absolute Gasteiger partial charge is 0.224 e.